The number of benzene rings is 2. The fraction of sp³-hybridized carbons (Fsp3) is 0.292. The van der Waals surface area contributed by atoms with Crippen LogP contribution in [0.4, 0.5) is 0 Å². The molecular formula is C24H23ClN2O2. The molecule has 0 amide bonds. The Hall–Kier alpha value is -2.56. The molecule has 1 saturated carbocycles. The number of ether oxygens (including phenoxy) is 1. The Bertz CT molecular complexity index is 1120. The van der Waals surface area contributed by atoms with Crippen LogP contribution >= 0.6 is 11.6 Å². The minimum absolute atomic E-state index is 0.0270. The number of imidazole rings is 1. The van der Waals surface area contributed by atoms with Crippen LogP contribution in [-0.2, 0) is 5.41 Å². The van der Waals surface area contributed by atoms with E-state index >= 15 is 0 Å². The third-order valence-electron chi connectivity index (χ3n) is 6.01. The summed E-state index contributed by atoms with van der Waals surface area (Å²) < 4.78 is 5.89. The number of aromatic amines is 1. The first-order valence-corrected chi connectivity index (χ1v) is 10.4. The van der Waals surface area contributed by atoms with Crippen molar-refractivity contribution in [1.82, 2.24) is 9.97 Å². The highest BCUT2D eigenvalue weighted by atomic mass is 35.5. The van der Waals surface area contributed by atoms with Crippen molar-refractivity contribution in [1.29, 1.82) is 0 Å². The standard InChI is InChI=1S/C24H23ClN2O2/c1-15-2-8-18(9-3-15)29-23-26-21-12-19(20(25)13-22(21)27-23)16-4-6-17(7-5-16)24(14-28)10-11-24/h2,4-9,12-13,15,28H,3,10-11,14H2,1H3,(H,26,27). The monoisotopic (exact) mass is 406 g/mol. The minimum atomic E-state index is -0.0270. The van der Waals surface area contributed by atoms with Gasteiger partial charge in [0.2, 0.25) is 0 Å². The van der Waals surface area contributed by atoms with Gasteiger partial charge in [-0.3, -0.25) is 0 Å². The Morgan fingerprint density at radius 1 is 1.24 bits per heavy atom. The number of aliphatic hydroxyl groups excluding tert-OH is 1. The second kappa shape index (κ2) is 7.05. The summed E-state index contributed by atoms with van der Waals surface area (Å²) in [5.41, 5.74) is 4.79. The van der Waals surface area contributed by atoms with Crippen LogP contribution in [0.25, 0.3) is 22.2 Å². The van der Waals surface area contributed by atoms with Gasteiger partial charge in [-0.15, -0.1) is 0 Å². The number of nitrogens with one attached hydrogen (secondary N) is 1. The third kappa shape index (κ3) is 3.47. The maximum absolute atomic E-state index is 9.64. The average Bonchev–Trinajstić information content (AvgIpc) is 3.44. The van der Waals surface area contributed by atoms with Crippen molar-refractivity contribution in [2.75, 3.05) is 6.61 Å². The number of hydrogen-bond acceptors (Lipinski definition) is 3. The molecule has 5 rings (SSSR count). The lowest BCUT2D eigenvalue weighted by Gasteiger charge is -2.13. The van der Waals surface area contributed by atoms with Gasteiger partial charge in [0, 0.05) is 11.0 Å². The number of nitrogens with zero attached hydrogens (tertiary/aromatic N) is 1. The Morgan fingerprint density at radius 2 is 2.03 bits per heavy atom. The number of aromatic nitrogens is 2. The highest BCUT2D eigenvalue weighted by molar-refractivity contribution is 6.34. The topological polar surface area (TPSA) is 58.1 Å². The van der Waals surface area contributed by atoms with Crippen molar-refractivity contribution < 1.29 is 9.84 Å². The van der Waals surface area contributed by atoms with Crippen LogP contribution in [0.5, 0.6) is 6.01 Å². The molecule has 3 aromatic rings. The molecule has 4 nitrogen and oxygen atoms in total. The fourth-order valence-corrected chi connectivity index (χ4v) is 4.14. The molecule has 1 fully saturated rings. The maximum Gasteiger partial charge on any atom is 0.300 e. The van der Waals surface area contributed by atoms with E-state index in [1.807, 2.05) is 18.2 Å². The summed E-state index contributed by atoms with van der Waals surface area (Å²) in [6.07, 6.45) is 9.28. The molecule has 1 heterocycles. The van der Waals surface area contributed by atoms with E-state index in [2.05, 4.69) is 53.3 Å². The van der Waals surface area contributed by atoms with Gasteiger partial charge in [0.1, 0.15) is 5.76 Å². The predicted octanol–water partition coefficient (Wildman–Crippen LogP) is 5.77. The molecule has 1 unspecified atom stereocenters. The van der Waals surface area contributed by atoms with E-state index < -0.39 is 0 Å². The van der Waals surface area contributed by atoms with Gasteiger partial charge in [-0.2, -0.15) is 4.98 Å². The fourth-order valence-electron chi connectivity index (χ4n) is 3.86. The van der Waals surface area contributed by atoms with Crippen LogP contribution in [0.3, 0.4) is 0 Å². The molecule has 148 valence electrons. The van der Waals surface area contributed by atoms with E-state index in [4.69, 9.17) is 16.3 Å². The lowest BCUT2D eigenvalue weighted by Crippen LogP contribution is -2.11. The van der Waals surface area contributed by atoms with Crippen molar-refractivity contribution in [2.45, 2.75) is 31.6 Å². The van der Waals surface area contributed by atoms with Gasteiger partial charge < -0.3 is 14.8 Å². The van der Waals surface area contributed by atoms with E-state index in [1.54, 1.807) is 0 Å². The normalized spacial score (nSPS) is 20.0. The van der Waals surface area contributed by atoms with Gasteiger partial charge in [0.15, 0.2) is 0 Å². The second-order valence-corrected chi connectivity index (χ2v) is 8.59. The lowest BCUT2D eigenvalue weighted by molar-refractivity contribution is 0.255. The quantitative estimate of drug-likeness (QED) is 0.565. The largest absolute Gasteiger partial charge is 0.426 e. The van der Waals surface area contributed by atoms with Crippen LogP contribution in [0.2, 0.25) is 5.02 Å². The summed E-state index contributed by atoms with van der Waals surface area (Å²) in [5.74, 6) is 1.35. The third-order valence-corrected chi connectivity index (χ3v) is 6.32. The molecule has 29 heavy (non-hydrogen) atoms. The van der Waals surface area contributed by atoms with Gasteiger partial charge in [0.25, 0.3) is 6.01 Å². The zero-order valence-corrected chi connectivity index (χ0v) is 17.0. The van der Waals surface area contributed by atoms with Gasteiger partial charge >= 0.3 is 0 Å². The molecule has 1 aromatic heterocycles. The number of fused-ring (bicyclic) bond motifs is 1. The highest BCUT2D eigenvalue weighted by Crippen LogP contribution is 2.48. The summed E-state index contributed by atoms with van der Waals surface area (Å²) in [7, 11) is 0. The first-order chi connectivity index (χ1) is 14.1. The molecule has 0 bridgehead atoms. The number of halogens is 1. The minimum Gasteiger partial charge on any atom is -0.426 e. The average molecular weight is 407 g/mol. The first kappa shape index (κ1) is 18.5. The predicted molar refractivity (Wildman–Crippen MR) is 116 cm³/mol. The second-order valence-electron chi connectivity index (χ2n) is 8.19. The van der Waals surface area contributed by atoms with Crippen molar-refractivity contribution in [3.05, 3.63) is 71.0 Å². The van der Waals surface area contributed by atoms with Crippen molar-refractivity contribution in [3.8, 4) is 17.1 Å². The summed E-state index contributed by atoms with van der Waals surface area (Å²) in [5, 5.41) is 10.3. The van der Waals surface area contributed by atoms with E-state index in [-0.39, 0.29) is 12.0 Å². The molecule has 2 aliphatic rings. The lowest BCUT2D eigenvalue weighted by atomic mass is 9.94. The van der Waals surface area contributed by atoms with Gasteiger partial charge in [0.05, 0.1) is 22.7 Å². The van der Waals surface area contributed by atoms with Crippen molar-refractivity contribution in [2.24, 2.45) is 5.92 Å². The highest BCUT2D eigenvalue weighted by Gasteiger charge is 2.43. The Kier molecular flexibility index (Phi) is 4.49. The number of hydrogen-bond donors (Lipinski definition) is 2. The molecule has 2 aliphatic carbocycles. The van der Waals surface area contributed by atoms with Crippen LogP contribution in [0, 0.1) is 5.92 Å². The molecular weight excluding hydrogens is 384 g/mol. The zero-order valence-electron chi connectivity index (χ0n) is 16.3. The summed E-state index contributed by atoms with van der Waals surface area (Å²) in [4.78, 5) is 7.79. The number of H-pyrrole nitrogens is 1. The molecule has 2 aromatic carbocycles. The van der Waals surface area contributed by atoms with Crippen LogP contribution in [0.1, 0.15) is 31.7 Å². The zero-order chi connectivity index (χ0) is 20.0. The van der Waals surface area contributed by atoms with Crippen molar-refractivity contribution >= 4 is 22.6 Å². The van der Waals surface area contributed by atoms with E-state index in [0.717, 1.165) is 47.2 Å². The van der Waals surface area contributed by atoms with Gasteiger partial charge in [-0.1, -0.05) is 48.9 Å². The van der Waals surface area contributed by atoms with Crippen LogP contribution in [0.15, 0.2) is 60.4 Å². The van der Waals surface area contributed by atoms with Gasteiger partial charge in [-0.05, 0) is 60.6 Å². The van der Waals surface area contributed by atoms with Crippen LogP contribution < -0.4 is 4.74 Å². The smallest absolute Gasteiger partial charge is 0.300 e. The Morgan fingerprint density at radius 3 is 2.69 bits per heavy atom. The Labute approximate surface area is 174 Å². The molecule has 5 heteroatoms. The molecule has 0 saturated heterocycles. The van der Waals surface area contributed by atoms with E-state index in [9.17, 15) is 5.11 Å². The van der Waals surface area contributed by atoms with Crippen molar-refractivity contribution in [3.63, 3.8) is 0 Å². The van der Waals surface area contributed by atoms with Crippen LogP contribution in [-0.4, -0.2) is 21.7 Å². The first-order valence-electron chi connectivity index (χ1n) is 10.0. The summed E-state index contributed by atoms with van der Waals surface area (Å²) in [6, 6.07) is 12.7. The molecule has 0 aliphatic heterocycles. The van der Waals surface area contributed by atoms with E-state index in [0.29, 0.717) is 17.0 Å². The Balaban J connectivity index is 1.43. The molecule has 1 atom stereocenters. The number of aliphatic hydroxyl groups is 1. The maximum atomic E-state index is 9.64. The SMILES string of the molecule is CC1C=CC(Oc2nc3cc(-c4ccc(C5(CO)CC5)cc4)c(Cl)cc3[nH]2)=CC1. The van der Waals surface area contributed by atoms with Gasteiger partial charge in [-0.25, -0.2) is 0 Å². The number of rotatable bonds is 5. The van der Waals surface area contributed by atoms with E-state index in [1.165, 1.54) is 5.56 Å². The summed E-state index contributed by atoms with van der Waals surface area (Å²) in [6.45, 7) is 2.38. The molecule has 2 N–H and O–H groups in total. The molecule has 0 spiro atoms. The summed E-state index contributed by atoms with van der Waals surface area (Å²) >= 11 is 6.57. The molecule has 0 radical (unpaired) electrons. The number of allylic oxidation sites excluding steroid dienone is 3.